The molecule has 0 spiro atoms. The molecule has 0 radical (unpaired) electrons. The van der Waals surface area contributed by atoms with Crippen molar-refractivity contribution in [1.82, 2.24) is 10.2 Å². The molecule has 0 aromatic heterocycles. The molecule has 2 aromatic carbocycles. The first-order chi connectivity index (χ1) is 15.6. The van der Waals surface area contributed by atoms with Crippen molar-refractivity contribution in [1.29, 1.82) is 0 Å². The van der Waals surface area contributed by atoms with Crippen LogP contribution in [0.25, 0.3) is 0 Å². The number of carbonyl (C=O) groups excluding carboxylic acids is 3. The van der Waals surface area contributed by atoms with Gasteiger partial charge in [0.1, 0.15) is 0 Å². The number of nitrogens with one attached hydrogen (secondary N) is 4. The molecule has 1 saturated heterocycles. The maximum Gasteiger partial charge on any atom is 0.321 e. The van der Waals surface area contributed by atoms with Gasteiger partial charge in [-0.25, -0.2) is 13.2 Å². The molecule has 11 heteroatoms. The summed E-state index contributed by atoms with van der Waals surface area (Å²) in [6, 6.07) is 11.3. The van der Waals surface area contributed by atoms with Crippen LogP contribution in [0.3, 0.4) is 0 Å². The number of nitrogens with zero attached hydrogens (tertiary/aromatic N) is 1. The van der Waals surface area contributed by atoms with Gasteiger partial charge in [0.15, 0.2) is 0 Å². The second-order valence-electron chi connectivity index (χ2n) is 7.82. The van der Waals surface area contributed by atoms with Gasteiger partial charge in [-0.3, -0.25) is 14.3 Å². The van der Waals surface area contributed by atoms with Crippen molar-refractivity contribution >= 4 is 44.9 Å². The van der Waals surface area contributed by atoms with E-state index in [1.165, 1.54) is 25.1 Å². The van der Waals surface area contributed by atoms with E-state index >= 15 is 0 Å². The molecule has 0 saturated carbocycles. The summed E-state index contributed by atoms with van der Waals surface area (Å²) in [5.74, 6) is -0.849. The Morgan fingerprint density at radius 2 is 1.67 bits per heavy atom. The number of hydrogen-bond acceptors (Lipinski definition) is 5. The van der Waals surface area contributed by atoms with Gasteiger partial charge in [-0.15, -0.1) is 0 Å². The van der Waals surface area contributed by atoms with Gasteiger partial charge in [0.05, 0.1) is 17.5 Å². The van der Waals surface area contributed by atoms with E-state index in [4.69, 9.17) is 0 Å². The first kappa shape index (κ1) is 24.1. The smallest absolute Gasteiger partial charge is 0.321 e. The summed E-state index contributed by atoms with van der Waals surface area (Å²) >= 11 is 0. The van der Waals surface area contributed by atoms with Gasteiger partial charge in [-0.05, 0) is 48.7 Å². The number of likely N-dealkylation sites (tertiary alicyclic amines) is 1. The molecule has 4 N–H and O–H groups in total. The summed E-state index contributed by atoms with van der Waals surface area (Å²) in [5, 5.41) is 8.18. The summed E-state index contributed by atoms with van der Waals surface area (Å²) in [4.78, 5) is 38.3. The molecule has 10 nitrogen and oxygen atoms in total. The molecule has 0 aliphatic carbocycles. The minimum atomic E-state index is -3.62. The monoisotopic (exact) mass is 473 g/mol. The number of anilines is 3. The third-order valence-electron chi connectivity index (χ3n) is 4.90. The molecular weight excluding hydrogens is 446 g/mol. The van der Waals surface area contributed by atoms with Crippen molar-refractivity contribution in [3.05, 3.63) is 53.6 Å². The zero-order chi connectivity index (χ0) is 24.0. The van der Waals surface area contributed by atoms with Crippen LogP contribution in [0.2, 0.25) is 0 Å². The van der Waals surface area contributed by atoms with Crippen LogP contribution in [0.4, 0.5) is 21.9 Å². The number of urea groups is 1. The van der Waals surface area contributed by atoms with Crippen LogP contribution in [0.15, 0.2) is 42.5 Å². The fourth-order valence-electron chi connectivity index (χ4n) is 3.46. The maximum absolute atomic E-state index is 12.9. The minimum Gasteiger partial charge on any atom is -0.348 e. The average Bonchev–Trinajstić information content (AvgIpc) is 3.27. The van der Waals surface area contributed by atoms with Gasteiger partial charge in [0.25, 0.3) is 5.91 Å². The number of carbonyl (C=O) groups is 3. The van der Waals surface area contributed by atoms with Crippen molar-refractivity contribution in [3.8, 4) is 0 Å². The average molecular weight is 474 g/mol. The lowest BCUT2D eigenvalue weighted by molar-refractivity contribution is -0.114. The number of hydrogen-bond donors (Lipinski definition) is 4. The highest BCUT2D eigenvalue weighted by Gasteiger charge is 2.18. The molecule has 0 atom stereocenters. The topological polar surface area (TPSA) is 137 Å². The van der Waals surface area contributed by atoms with E-state index in [0.29, 0.717) is 11.4 Å². The second-order valence-corrected chi connectivity index (χ2v) is 9.57. The van der Waals surface area contributed by atoms with Crippen LogP contribution in [0, 0.1) is 0 Å². The predicted octanol–water partition coefficient (Wildman–Crippen LogP) is 2.57. The predicted molar refractivity (Wildman–Crippen MR) is 127 cm³/mol. The van der Waals surface area contributed by atoms with Crippen molar-refractivity contribution < 1.29 is 22.8 Å². The molecule has 2 aromatic rings. The van der Waals surface area contributed by atoms with E-state index in [-0.39, 0.29) is 29.7 Å². The van der Waals surface area contributed by atoms with Crippen molar-refractivity contribution in [2.45, 2.75) is 26.3 Å². The zero-order valence-corrected chi connectivity index (χ0v) is 19.3. The van der Waals surface area contributed by atoms with E-state index < -0.39 is 15.9 Å². The summed E-state index contributed by atoms with van der Waals surface area (Å²) in [6.07, 6.45) is 2.98. The molecule has 0 bridgehead atoms. The molecule has 1 fully saturated rings. The molecule has 0 unspecified atom stereocenters. The number of benzene rings is 2. The number of amides is 4. The van der Waals surface area contributed by atoms with Gasteiger partial charge < -0.3 is 20.9 Å². The van der Waals surface area contributed by atoms with Crippen LogP contribution in [-0.2, 0) is 21.4 Å². The van der Waals surface area contributed by atoms with Crippen LogP contribution in [0.5, 0.6) is 0 Å². The number of sulfonamides is 1. The lowest BCUT2D eigenvalue weighted by Gasteiger charge is -2.17. The largest absolute Gasteiger partial charge is 0.348 e. The highest BCUT2D eigenvalue weighted by Crippen LogP contribution is 2.22. The molecule has 176 valence electrons. The zero-order valence-electron chi connectivity index (χ0n) is 18.5. The highest BCUT2D eigenvalue weighted by atomic mass is 32.2. The lowest BCUT2D eigenvalue weighted by Crippen LogP contribution is -2.32. The van der Waals surface area contributed by atoms with Crippen molar-refractivity contribution in [2.24, 2.45) is 0 Å². The normalized spacial score (nSPS) is 13.3. The van der Waals surface area contributed by atoms with Gasteiger partial charge in [-0.1, -0.05) is 12.1 Å². The molecule has 4 amide bonds. The summed E-state index contributed by atoms with van der Waals surface area (Å²) in [6.45, 7) is 2.96. The van der Waals surface area contributed by atoms with Crippen molar-refractivity contribution in [2.75, 3.05) is 34.7 Å². The van der Waals surface area contributed by atoms with Gasteiger partial charge in [0.2, 0.25) is 15.9 Å². The van der Waals surface area contributed by atoms with E-state index in [2.05, 4.69) is 20.7 Å². The lowest BCUT2D eigenvalue weighted by atomic mass is 10.1. The van der Waals surface area contributed by atoms with Crippen LogP contribution in [0.1, 0.15) is 35.7 Å². The summed E-state index contributed by atoms with van der Waals surface area (Å²) < 4.78 is 25.7. The fraction of sp³-hybridized carbons (Fsp3) is 0.318. The highest BCUT2D eigenvalue weighted by molar-refractivity contribution is 7.92. The fourth-order valence-corrected chi connectivity index (χ4v) is 4.04. The molecular formula is C22H27N5O5S. The Bertz CT molecular complexity index is 1160. The minimum absolute atomic E-state index is 0.0603. The second kappa shape index (κ2) is 10.3. The Balaban J connectivity index is 1.71. The van der Waals surface area contributed by atoms with Crippen LogP contribution < -0.4 is 20.7 Å². The molecule has 1 aliphatic rings. The molecule has 1 aliphatic heterocycles. The first-order valence-electron chi connectivity index (χ1n) is 10.4. The Labute approximate surface area is 192 Å². The third-order valence-corrected chi connectivity index (χ3v) is 5.50. The molecule has 33 heavy (non-hydrogen) atoms. The standard InChI is InChI=1S/C22H27N5O5S/c1-15(28)24-18-8-9-20(26-33(2,31)32)19(13-18)21(29)23-14-16-6-5-7-17(12-16)25-22(30)27-10-3-4-11-27/h5-9,12-13,26H,3-4,10-11,14H2,1-2H3,(H,23,29)(H,24,28)(H,25,30). The van der Waals surface area contributed by atoms with Gasteiger partial charge in [-0.2, -0.15) is 0 Å². The molecule has 3 rings (SSSR count). The van der Waals surface area contributed by atoms with Gasteiger partial charge >= 0.3 is 6.03 Å². The first-order valence-corrected chi connectivity index (χ1v) is 12.3. The third kappa shape index (κ3) is 7.21. The number of rotatable bonds is 7. The Morgan fingerprint density at radius 3 is 2.33 bits per heavy atom. The Hall–Kier alpha value is -3.60. The summed E-state index contributed by atoms with van der Waals surface area (Å²) in [7, 11) is -3.62. The summed E-state index contributed by atoms with van der Waals surface area (Å²) in [5.41, 5.74) is 1.88. The van der Waals surface area contributed by atoms with E-state index in [1.807, 2.05) is 0 Å². The quantitative estimate of drug-likeness (QED) is 0.490. The maximum atomic E-state index is 12.9. The molecule has 1 heterocycles. The Kier molecular flexibility index (Phi) is 7.54. The van der Waals surface area contributed by atoms with Crippen molar-refractivity contribution in [3.63, 3.8) is 0 Å². The van der Waals surface area contributed by atoms with Crippen LogP contribution in [-0.4, -0.2) is 50.5 Å². The van der Waals surface area contributed by atoms with E-state index in [1.54, 1.807) is 29.2 Å². The van der Waals surface area contributed by atoms with Gasteiger partial charge in [0, 0.05) is 37.9 Å². The van der Waals surface area contributed by atoms with E-state index in [0.717, 1.165) is 37.8 Å². The van der Waals surface area contributed by atoms with Crippen LogP contribution >= 0.6 is 0 Å². The van der Waals surface area contributed by atoms with E-state index in [9.17, 15) is 22.8 Å². The Morgan fingerprint density at radius 1 is 0.970 bits per heavy atom. The SMILES string of the molecule is CC(=O)Nc1ccc(NS(C)(=O)=O)c(C(=O)NCc2cccc(NC(=O)N3CCCC3)c2)c1.